The van der Waals surface area contributed by atoms with E-state index < -0.39 is 30.1 Å². The Bertz CT molecular complexity index is 1000. The molecule has 2 unspecified atom stereocenters. The highest BCUT2D eigenvalue weighted by atomic mass is 19.1. The van der Waals surface area contributed by atoms with Gasteiger partial charge in [-0.2, -0.15) is 5.26 Å². The van der Waals surface area contributed by atoms with Crippen molar-refractivity contribution in [1.82, 2.24) is 15.1 Å². The molecule has 5 atom stereocenters. The number of amides is 3. The van der Waals surface area contributed by atoms with Crippen LogP contribution in [0.3, 0.4) is 0 Å². The van der Waals surface area contributed by atoms with Crippen molar-refractivity contribution in [2.45, 2.75) is 77.3 Å². The Kier molecular flexibility index (Phi) is 6.42. The van der Waals surface area contributed by atoms with Crippen LogP contribution in [0.1, 0.15) is 62.6 Å². The van der Waals surface area contributed by atoms with Gasteiger partial charge in [0, 0.05) is 31.8 Å². The SMILES string of the molecule is CC(C)C(C)c1cccc2c1CN(C(=O)C[C@@H]1C[C@@H](C(=O)N3CC(F)C[C@H]3C#N)NC1=O)C2. The molecule has 0 aromatic heterocycles. The molecule has 1 aromatic rings. The molecule has 1 aromatic carbocycles. The van der Waals surface area contributed by atoms with Gasteiger partial charge < -0.3 is 15.1 Å². The lowest BCUT2D eigenvalue weighted by molar-refractivity contribution is -0.135. The third-order valence-electron chi connectivity index (χ3n) is 7.47. The summed E-state index contributed by atoms with van der Waals surface area (Å²) in [5.41, 5.74) is 3.62. The maximum absolute atomic E-state index is 13.7. The normalized spacial score (nSPS) is 27.5. The number of nitriles is 1. The number of carbonyl (C=O) groups is 3. The summed E-state index contributed by atoms with van der Waals surface area (Å²) in [6.07, 6.45) is -1.01. The van der Waals surface area contributed by atoms with Crippen molar-refractivity contribution in [3.63, 3.8) is 0 Å². The molecular formula is C25H31FN4O3. The highest BCUT2D eigenvalue weighted by Gasteiger charge is 2.44. The summed E-state index contributed by atoms with van der Waals surface area (Å²) >= 11 is 0. The number of halogens is 1. The Hall–Kier alpha value is -2.95. The number of nitrogens with one attached hydrogen (secondary N) is 1. The first-order chi connectivity index (χ1) is 15.7. The van der Waals surface area contributed by atoms with Gasteiger partial charge in [-0.1, -0.05) is 39.0 Å². The molecule has 2 fully saturated rings. The zero-order valence-corrected chi connectivity index (χ0v) is 19.4. The average Bonchev–Trinajstić information content (AvgIpc) is 3.48. The second kappa shape index (κ2) is 9.12. The Morgan fingerprint density at radius 1 is 1.24 bits per heavy atom. The molecule has 0 aliphatic carbocycles. The third kappa shape index (κ3) is 4.46. The van der Waals surface area contributed by atoms with Crippen LogP contribution in [0.25, 0.3) is 0 Å². The topological polar surface area (TPSA) is 93.5 Å². The predicted molar refractivity (Wildman–Crippen MR) is 119 cm³/mol. The number of rotatable bonds is 5. The number of nitrogens with zero attached hydrogens (tertiary/aromatic N) is 3. The van der Waals surface area contributed by atoms with E-state index in [0.29, 0.717) is 24.9 Å². The quantitative estimate of drug-likeness (QED) is 0.740. The van der Waals surface area contributed by atoms with Gasteiger partial charge in [-0.25, -0.2) is 4.39 Å². The van der Waals surface area contributed by atoms with Crippen molar-refractivity contribution in [1.29, 1.82) is 5.26 Å². The first-order valence-electron chi connectivity index (χ1n) is 11.7. The summed E-state index contributed by atoms with van der Waals surface area (Å²) in [6.45, 7) is 7.51. The number of benzene rings is 1. The lowest BCUT2D eigenvalue weighted by Crippen LogP contribution is -2.46. The molecule has 33 heavy (non-hydrogen) atoms. The molecule has 3 heterocycles. The van der Waals surface area contributed by atoms with Crippen molar-refractivity contribution in [3.05, 3.63) is 34.9 Å². The van der Waals surface area contributed by atoms with Crippen LogP contribution in [0.2, 0.25) is 0 Å². The van der Waals surface area contributed by atoms with E-state index in [0.717, 1.165) is 5.56 Å². The van der Waals surface area contributed by atoms with E-state index in [1.807, 2.05) is 12.1 Å². The fraction of sp³-hybridized carbons (Fsp3) is 0.600. The van der Waals surface area contributed by atoms with Crippen molar-refractivity contribution in [2.75, 3.05) is 6.54 Å². The van der Waals surface area contributed by atoms with Gasteiger partial charge in [0.15, 0.2) is 0 Å². The molecule has 8 heteroatoms. The van der Waals surface area contributed by atoms with E-state index in [-0.39, 0.29) is 37.6 Å². The molecule has 7 nitrogen and oxygen atoms in total. The lowest BCUT2D eigenvalue weighted by atomic mass is 9.86. The van der Waals surface area contributed by atoms with E-state index in [4.69, 9.17) is 0 Å². The van der Waals surface area contributed by atoms with Gasteiger partial charge in [0.1, 0.15) is 18.3 Å². The number of hydrogen-bond donors (Lipinski definition) is 1. The molecule has 2 saturated heterocycles. The van der Waals surface area contributed by atoms with Crippen molar-refractivity contribution >= 4 is 17.7 Å². The number of likely N-dealkylation sites (tertiary alicyclic amines) is 1. The summed E-state index contributed by atoms with van der Waals surface area (Å²) in [5.74, 6) is -0.616. The Balaban J connectivity index is 1.38. The minimum atomic E-state index is -1.23. The van der Waals surface area contributed by atoms with Gasteiger partial charge in [0.05, 0.1) is 12.6 Å². The van der Waals surface area contributed by atoms with Crippen LogP contribution >= 0.6 is 0 Å². The smallest absolute Gasteiger partial charge is 0.246 e. The second-order valence-electron chi connectivity index (χ2n) is 9.93. The molecule has 0 radical (unpaired) electrons. The fourth-order valence-electron chi connectivity index (χ4n) is 5.18. The maximum atomic E-state index is 13.7. The molecule has 3 aliphatic rings. The minimum absolute atomic E-state index is 0.00223. The van der Waals surface area contributed by atoms with Gasteiger partial charge in [-0.3, -0.25) is 14.4 Å². The standard InChI is InChI=1S/C25H31FN4O3/c1-14(2)15(3)20-6-4-5-16-11-29(13-21(16)20)23(31)8-17-7-22(28-24(17)32)25(33)30-12-18(26)9-19(30)10-27/h4-6,14-15,17-19,22H,7-9,11-13H2,1-3H3,(H,28,32)/t15?,17-,18?,19-,22-/m0/s1. The number of fused-ring (bicyclic) bond motifs is 1. The molecule has 3 aliphatic heterocycles. The van der Waals surface area contributed by atoms with E-state index in [2.05, 4.69) is 38.2 Å². The van der Waals surface area contributed by atoms with Crippen LogP contribution in [0.15, 0.2) is 18.2 Å². The van der Waals surface area contributed by atoms with Crippen molar-refractivity contribution in [3.8, 4) is 6.07 Å². The summed E-state index contributed by atoms with van der Waals surface area (Å²) in [6, 6.07) is 6.56. The van der Waals surface area contributed by atoms with Crippen LogP contribution < -0.4 is 5.32 Å². The monoisotopic (exact) mass is 454 g/mol. The van der Waals surface area contributed by atoms with Gasteiger partial charge in [0.25, 0.3) is 0 Å². The first-order valence-corrected chi connectivity index (χ1v) is 11.7. The summed E-state index contributed by atoms with van der Waals surface area (Å²) < 4.78 is 13.7. The highest BCUT2D eigenvalue weighted by molar-refractivity contribution is 5.94. The van der Waals surface area contributed by atoms with Crippen molar-refractivity contribution in [2.24, 2.45) is 11.8 Å². The Morgan fingerprint density at radius 2 is 2.00 bits per heavy atom. The molecule has 0 saturated carbocycles. The van der Waals surface area contributed by atoms with Gasteiger partial charge >= 0.3 is 0 Å². The molecular weight excluding hydrogens is 423 g/mol. The summed E-state index contributed by atoms with van der Waals surface area (Å²) in [7, 11) is 0. The lowest BCUT2D eigenvalue weighted by Gasteiger charge is -2.22. The highest BCUT2D eigenvalue weighted by Crippen LogP contribution is 2.34. The van der Waals surface area contributed by atoms with E-state index in [9.17, 15) is 24.0 Å². The number of carbonyl (C=O) groups excluding carboxylic acids is 3. The van der Waals surface area contributed by atoms with Crippen LogP contribution in [-0.4, -0.2) is 52.3 Å². The molecule has 4 rings (SSSR count). The van der Waals surface area contributed by atoms with E-state index in [1.165, 1.54) is 16.0 Å². The van der Waals surface area contributed by atoms with Crippen molar-refractivity contribution < 1.29 is 18.8 Å². The Morgan fingerprint density at radius 3 is 2.70 bits per heavy atom. The molecule has 176 valence electrons. The first kappa shape index (κ1) is 23.2. The molecule has 0 spiro atoms. The van der Waals surface area contributed by atoms with Gasteiger partial charge in [-0.05, 0) is 34.9 Å². The van der Waals surface area contributed by atoms with Crippen LogP contribution in [0.5, 0.6) is 0 Å². The largest absolute Gasteiger partial charge is 0.344 e. The number of hydrogen-bond acceptors (Lipinski definition) is 4. The predicted octanol–water partition coefficient (Wildman–Crippen LogP) is 2.65. The third-order valence-corrected chi connectivity index (χ3v) is 7.47. The van der Waals surface area contributed by atoms with Crippen LogP contribution in [0.4, 0.5) is 4.39 Å². The molecule has 1 N–H and O–H groups in total. The van der Waals surface area contributed by atoms with Gasteiger partial charge in [-0.15, -0.1) is 0 Å². The average molecular weight is 455 g/mol. The Labute approximate surface area is 193 Å². The zero-order chi connectivity index (χ0) is 23.9. The zero-order valence-electron chi connectivity index (χ0n) is 19.4. The van der Waals surface area contributed by atoms with Crippen LogP contribution in [-0.2, 0) is 27.5 Å². The van der Waals surface area contributed by atoms with Crippen LogP contribution in [0, 0.1) is 23.2 Å². The molecule has 3 amide bonds. The molecule has 0 bridgehead atoms. The minimum Gasteiger partial charge on any atom is -0.344 e. The summed E-state index contributed by atoms with van der Waals surface area (Å²) in [5, 5.41) is 11.9. The summed E-state index contributed by atoms with van der Waals surface area (Å²) in [4.78, 5) is 41.4. The number of alkyl halides is 1. The fourth-order valence-corrected chi connectivity index (χ4v) is 5.18. The van der Waals surface area contributed by atoms with Gasteiger partial charge in [0.2, 0.25) is 17.7 Å². The second-order valence-corrected chi connectivity index (χ2v) is 9.93. The van der Waals surface area contributed by atoms with E-state index >= 15 is 0 Å². The van der Waals surface area contributed by atoms with E-state index in [1.54, 1.807) is 4.90 Å². The maximum Gasteiger partial charge on any atom is 0.246 e.